The van der Waals surface area contributed by atoms with Gasteiger partial charge in [0.25, 0.3) is 0 Å². The quantitative estimate of drug-likeness (QED) is 0.472. The van der Waals surface area contributed by atoms with Gasteiger partial charge in [0.2, 0.25) is 15.8 Å². The molecule has 0 aromatic heterocycles. The number of rotatable bonds is 2. The lowest BCUT2D eigenvalue weighted by molar-refractivity contribution is -0.138. The Labute approximate surface area is 168 Å². The Kier molecular flexibility index (Phi) is 7.15. The Bertz CT molecular complexity index is 951. The van der Waals surface area contributed by atoms with E-state index in [1.54, 1.807) is 6.92 Å². The fourth-order valence-corrected chi connectivity index (χ4v) is 3.64. The average molecular weight is 425 g/mol. The monoisotopic (exact) mass is 425 g/mol. The molecule has 2 atom stereocenters. The molecule has 0 spiro atoms. The van der Waals surface area contributed by atoms with Gasteiger partial charge in [0.15, 0.2) is 5.78 Å². The van der Waals surface area contributed by atoms with Crippen LogP contribution in [0.15, 0.2) is 18.2 Å². The number of Topliss-reactive ketones (excluding diaryl/α,β-unsaturated/α-hetero) is 2. The van der Waals surface area contributed by atoms with Crippen LogP contribution in [0.1, 0.15) is 42.1 Å². The van der Waals surface area contributed by atoms with Crippen LogP contribution < -0.4 is 4.72 Å². The van der Waals surface area contributed by atoms with Crippen LogP contribution in [0, 0.1) is 5.92 Å². The molecule has 1 heterocycles. The van der Waals surface area contributed by atoms with E-state index in [0.29, 0.717) is 6.42 Å². The van der Waals surface area contributed by atoms with E-state index < -0.39 is 39.4 Å². The number of fused-ring (bicyclic) bond motifs is 1. The first-order valence-electron chi connectivity index (χ1n) is 8.92. The van der Waals surface area contributed by atoms with E-state index in [4.69, 9.17) is 4.74 Å². The number of phenols is 2. The lowest BCUT2D eigenvalue weighted by Gasteiger charge is -2.17. The molecule has 1 aromatic carbocycles. The fourth-order valence-electron chi connectivity index (χ4n) is 2.92. The number of ether oxygens (including phenoxy) is 1. The zero-order chi connectivity index (χ0) is 21.8. The number of sulfonamides is 1. The maximum atomic E-state index is 12.5. The van der Waals surface area contributed by atoms with E-state index in [-0.39, 0.29) is 42.2 Å². The van der Waals surface area contributed by atoms with E-state index in [1.165, 1.54) is 18.2 Å². The summed E-state index contributed by atoms with van der Waals surface area (Å²) in [6.07, 6.45) is 3.59. The van der Waals surface area contributed by atoms with Gasteiger partial charge in [-0.15, -0.1) is 0 Å². The number of hydrogen-bond acceptors (Lipinski definition) is 8. The maximum absolute atomic E-state index is 12.5. The van der Waals surface area contributed by atoms with Gasteiger partial charge in [0.1, 0.15) is 17.1 Å². The molecule has 0 bridgehead atoms. The van der Waals surface area contributed by atoms with Gasteiger partial charge in [-0.05, 0) is 30.4 Å². The Morgan fingerprint density at radius 1 is 1.17 bits per heavy atom. The largest absolute Gasteiger partial charge is 0.508 e. The summed E-state index contributed by atoms with van der Waals surface area (Å²) in [5, 5.41) is 19.8. The summed E-state index contributed by atoms with van der Waals surface area (Å²) in [7, 11) is -3.77. The molecule has 1 aliphatic rings. The molecule has 2 rings (SSSR count). The minimum Gasteiger partial charge on any atom is -0.508 e. The Morgan fingerprint density at radius 3 is 2.52 bits per heavy atom. The van der Waals surface area contributed by atoms with Crippen molar-refractivity contribution in [1.29, 1.82) is 0 Å². The molecule has 0 saturated heterocycles. The normalized spacial score (nSPS) is 21.9. The van der Waals surface area contributed by atoms with Crippen LogP contribution in [-0.2, 0) is 24.3 Å². The number of esters is 1. The third-order valence-corrected chi connectivity index (χ3v) is 5.04. The molecule has 0 amide bonds. The number of cyclic esters (lactones) is 1. The summed E-state index contributed by atoms with van der Waals surface area (Å²) in [6, 6.07) is 0.911. The lowest BCUT2D eigenvalue weighted by atomic mass is 9.95. The van der Waals surface area contributed by atoms with Crippen LogP contribution in [0.4, 0.5) is 0 Å². The molecule has 29 heavy (non-hydrogen) atoms. The van der Waals surface area contributed by atoms with Crippen molar-refractivity contribution >= 4 is 33.6 Å². The van der Waals surface area contributed by atoms with E-state index in [2.05, 4.69) is 4.72 Å². The zero-order valence-corrected chi connectivity index (χ0v) is 16.9. The molecular weight excluding hydrogens is 402 g/mol. The van der Waals surface area contributed by atoms with Gasteiger partial charge in [-0.25, -0.2) is 17.9 Å². The summed E-state index contributed by atoms with van der Waals surface area (Å²) in [4.78, 5) is 37.1. The van der Waals surface area contributed by atoms with Gasteiger partial charge in [0.05, 0.1) is 18.9 Å². The van der Waals surface area contributed by atoms with Gasteiger partial charge in [-0.1, -0.05) is 19.1 Å². The maximum Gasteiger partial charge on any atom is 0.342 e. The molecule has 0 radical (unpaired) electrons. The highest BCUT2D eigenvalue weighted by Crippen LogP contribution is 2.29. The van der Waals surface area contributed by atoms with Gasteiger partial charge in [-0.2, -0.15) is 0 Å². The SMILES string of the molecule is CC1CCOC(=O)c2c(O)cc(O)cc2C=CC[C@H](NS(C)(=O)=O)C(=O)C(=O)C1. The fraction of sp³-hybridized carbons (Fsp3) is 0.421. The van der Waals surface area contributed by atoms with E-state index in [1.807, 2.05) is 0 Å². The third-order valence-electron chi connectivity index (χ3n) is 4.33. The number of phenolic OH excluding ortho intramolecular Hbond substituents is 2. The van der Waals surface area contributed by atoms with Gasteiger partial charge in [-0.3, -0.25) is 9.59 Å². The first kappa shape index (κ1) is 22.6. The second kappa shape index (κ2) is 9.19. The summed E-state index contributed by atoms with van der Waals surface area (Å²) in [5.74, 6) is -3.45. The van der Waals surface area contributed by atoms with Crippen LogP contribution in [0.3, 0.4) is 0 Å². The van der Waals surface area contributed by atoms with Crippen LogP contribution in [0.5, 0.6) is 11.5 Å². The molecule has 1 aromatic rings. The van der Waals surface area contributed by atoms with E-state index in [0.717, 1.165) is 12.3 Å². The minimum atomic E-state index is -3.77. The second-order valence-corrected chi connectivity index (χ2v) is 8.81. The number of carbonyl (C=O) groups is 3. The second-order valence-electron chi connectivity index (χ2n) is 7.03. The molecule has 3 N–H and O–H groups in total. The van der Waals surface area contributed by atoms with Gasteiger partial charge >= 0.3 is 5.97 Å². The smallest absolute Gasteiger partial charge is 0.342 e. The lowest BCUT2D eigenvalue weighted by Crippen LogP contribution is -2.43. The van der Waals surface area contributed by atoms with Crippen molar-refractivity contribution in [2.45, 2.75) is 32.2 Å². The first-order chi connectivity index (χ1) is 13.5. The van der Waals surface area contributed by atoms with Crippen molar-refractivity contribution in [2.24, 2.45) is 5.92 Å². The molecule has 10 heteroatoms. The summed E-state index contributed by atoms with van der Waals surface area (Å²) in [6.45, 7) is 1.66. The topological polar surface area (TPSA) is 147 Å². The number of carbonyl (C=O) groups excluding carboxylic acids is 3. The van der Waals surface area contributed by atoms with Crippen LogP contribution in [-0.4, -0.2) is 55.1 Å². The molecule has 1 aliphatic heterocycles. The number of benzene rings is 1. The number of ketones is 2. The van der Waals surface area contributed by atoms with Gasteiger partial charge < -0.3 is 14.9 Å². The summed E-state index contributed by atoms with van der Waals surface area (Å²) in [5.41, 5.74) is -0.0479. The average Bonchev–Trinajstić information content (AvgIpc) is 2.57. The Balaban J connectivity index is 2.47. The van der Waals surface area contributed by atoms with Crippen molar-refractivity contribution in [3.05, 3.63) is 29.3 Å². The number of nitrogens with one attached hydrogen (secondary N) is 1. The van der Waals surface area contributed by atoms with Crippen molar-refractivity contribution in [1.82, 2.24) is 4.72 Å². The van der Waals surface area contributed by atoms with Gasteiger partial charge in [0, 0.05) is 12.5 Å². The minimum absolute atomic E-state index is 0.0457. The highest BCUT2D eigenvalue weighted by atomic mass is 32.2. The molecule has 0 fully saturated rings. The number of hydrogen-bond donors (Lipinski definition) is 3. The number of aromatic hydroxyl groups is 2. The predicted molar refractivity (Wildman–Crippen MR) is 104 cm³/mol. The van der Waals surface area contributed by atoms with Crippen LogP contribution in [0.25, 0.3) is 6.08 Å². The first-order valence-corrected chi connectivity index (χ1v) is 10.8. The Hall–Kier alpha value is -2.72. The molecule has 158 valence electrons. The van der Waals surface area contributed by atoms with Crippen molar-refractivity contribution in [2.75, 3.05) is 12.9 Å². The molecule has 0 saturated carbocycles. The highest BCUT2D eigenvalue weighted by Gasteiger charge is 2.28. The molecule has 1 unspecified atom stereocenters. The van der Waals surface area contributed by atoms with Crippen LogP contribution in [0.2, 0.25) is 0 Å². The zero-order valence-electron chi connectivity index (χ0n) is 16.0. The van der Waals surface area contributed by atoms with E-state index >= 15 is 0 Å². The standard InChI is InChI=1S/C19H23NO8S/c1-11-6-7-28-19(25)17-12(9-13(21)10-15(17)22)4-3-5-14(20-29(2,26)27)18(24)16(23)8-11/h3-4,9-11,14,20-22H,5-8H2,1-2H3/t11?,14-/m0/s1. The van der Waals surface area contributed by atoms with Crippen LogP contribution >= 0.6 is 0 Å². The third kappa shape index (κ3) is 6.40. The molecule has 0 aliphatic carbocycles. The van der Waals surface area contributed by atoms with E-state index in [9.17, 15) is 33.0 Å². The highest BCUT2D eigenvalue weighted by molar-refractivity contribution is 7.88. The van der Waals surface area contributed by atoms with Crippen molar-refractivity contribution in [3.8, 4) is 11.5 Å². The molecular formula is C19H23NO8S. The Morgan fingerprint density at radius 2 is 1.86 bits per heavy atom. The predicted octanol–water partition coefficient (Wildman–Crippen LogP) is 1.14. The van der Waals surface area contributed by atoms with Crippen molar-refractivity contribution < 1.29 is 37.8 Å². The molecule has 9 nitrogen and oxygen atoms in total. The summed E-state index contributed by atoms with van der Waals surface area (Å²) < 4.78 is 30.5. The summed E-state index contributed by atoms with van der Waals surface area (Å²) >= 11 is 0. The van der Waals surface area contributed by atoms with Crippen molar-refractivity contribution in [3.63, 3.8) is 0 Å².